The average Bonchev–Trinajstić information content (AvgIpc) is 2.59. The molecular weight excluding hydrogens is 248 g/mol. The van der Waals surface area contributed by atoms with Crippen molar-refractivity contribution in [3.63, 3.8) is 0 Å². The van der Waals surface area contributed by atoms with Crippen molar-refractivity contribution in [2.24, 2.45) is 5.73 Å². The molecule has 2 unspecified atom stereocenters. The van der Waals surface area contributed by atoms with Crippen LogP contribution in [0, 0.1) is 0 Å². The molecule has 0 bridgehead atoms. The second-order valence-corrected chi connectivity index (χ2v) is 6.74. The van der Waals surface area contributed by atoms with Crippen LogP contribution in [0.15, 0.2) is 24.3 Å². The molecule has 1 heterocycles. The number of fused-ring (bicyclic) bond motifs is 1. The summed E-state index contributed by atoms with van der Waals surface area (Å²) in [7, 11) is 0. The maximum absolute atomic E-state index is 6.66. The molecule has 1 aliphatic heterocycles. The van der Waals surface area contributed by atoms with Crippen molar-refractivity contribution in [1.82, 2.24) is 4.90 Å². The van der Waals surface area contributed by atoms with Crippen molar-refractivity contribution in [2.75, 3.05) is 19.8 Å². The standard InChI is InChI=1S/C17H26N2O/c1-17(2)12-20-11-10-19(17)15-9-5-7-13-6-3-4-8-14(13)16(15)18/h3-4,6,8,15-16H,5,7,9-12,18H2,1-2H3. The number of aryl methyl sites for hydroxylation is 1. The molecule has 1 aliphatic carbocycles. The maximum atomic E-state index is 6.66. The lowest BCUT2D eigenvalue weighted by Gasteiger charge is -2.48. The Hall–Kier alpha value is -0.900. The van der Waals surface area contributed by atoms with E-state index in [1.807, 2.05) is 0 Å². The molecule has 0 radical (unpaired) electrons. The summed E-state index contributed by atoms with van der Waals surface area (Å²) >= 11 is 0. The van der Waals surface area contributed by atoms with Crippen LogP contribution in [0.4, 0.5) is 0 Å². The van der Waals surface area contributed by atoms with E-state index in [0.717, 1.165) is 26.2 Å². The minimum atomic E-state index is 0.0832. The molecular formula is C17H26N2O. The van der Waals surface area contributed by atoms with Crippen LogP contribution in [0.25, 0.3) is 0 Å². The van der Waals surface area contributed by atoms with E-state index in [0.29, 0.717) is 6.04 Å². The number of ether oxygens (including phenoxy) is 1. The predicted octanol–water partition coefficient (Wildman–Crippen LogP) is 2.50. The van der Waals surface area contributed by atoms with Gasteiger partial charge < -0.3 is 10.5 Å². The van der Waals surface area contributed by atoms with E-state index in [1.54, 1.807) is 0 Å². The van der Waals surface area contributed by atoms with Gasteiger partial charge in [-0.25, -0.2) is 0 Å². The summed E-state index contributed by atoms with van der Waals surface area (Å²) in [6, 6.07) is 9.24. The molecule has 0 spiro atoms. The molecule has 1 fully saturated rings. The fourth-order valence-electron chi connectivity index (χ4n) is 3.81. The monoisotopic (exact) mass is 274 g/mol. The van der Waals surface area contributed by atoms with E-state index in [2.05, 4.69) is 43.0 Å². The Labute approximate surface area is 122 Å². The highest BCUT2D eigenvalue weighted by atomic mass is 16.5. The van der Waals surface area contributed by atoms with Crippen molar-refractivity contribution < 1.29 is 4.74 Å². The van der Waals surface area contributed by atoms with Gasteiger partial charge in [0.25, 0.3) is 0 Å². The molecule has 1 aromatic carbocycles. The van der Waals surface area contributed by atoms with E-state index in [-0.39, 0.29) is 11.6 Å². The van der Waals surface area contributed by atoms with Crippen LogP contribution < -0.4 is 5.73 Å². The third-order valence-corrected chi connectivity index (χ3v) is 4.88. The summed E-state index contributed by atoms with van der Waals surface area (Å²) in [6.07, 6.45) is 3.56. The lowest BCUT2D eigenvalue weighted by molar-refractivity contribution is -0.0780. The minimum absolute atomic E-state index is 0.0832. The van der Waals surface area contributed by atoms with Gasteiger partial charge in [-0.05, 0) is 44.2 Å². The molecule has 3 heteroatoms. The first kappa shape index (κ1) is 14.1. The van der Waals surface area contributed by atoms with E-state index in [4.69, 9.17) is 10.5 Å². The molecule has 110 valence electrons. The molecule has 2 aliphatic rings. The van der Waals surface area contributed by atoms with Gasteiger partial charge in [0.15, 0.2) is 0 Å². The van der Waals surface area contributed by atoms with Crippen molar-refractivity contribution in [2.45, 2.75) is 50.7 Å². The van der Waals surface area contributed by atoms with Gasteiger partial charge in [-0.1, -0.05) is 24.3 Å². The Morgan fingerprint density at radius 2 is 2.10 bits per heavy atom. The van der Waals surface area contributed by atoms with Crippen LogP contribution in [0.5, 0.6) is 0 Å². The Balaban J connectivity index is 1.90. The highest BCUT2D eigenvalue weighted by molar-refractivity contribution is 5.32. The van der Waals surface area contributed by atoms with Crippen molar-refractivity contribution in [3.05, 3.63) is 35.4 Å². The van der Waals surface area contributed by atoms with Gasteiger partial charge in [0.1, 0.15) is 0 Å². The summed E-state index contributed by atoms with van der Waals surface area (Å²) in [5, 5.41) is 0. The minimum Gasteiger partial charge on any atom is -0.378 e. The first-order valence-corrected chi connectivity index (χ1v) is 7.77. The molecule has 1 aromatic rings. The molecule has 3 rings (SSSR count). The van der Waals surface area contributed by atoms with Gasteiger partial charge in [-0.2, -0.15) is 0 Å². The van der Waals surface area contributed by atoms with Gasteiger partial charge in [0.05, 0.1) is 13.2 Å². The summed E-state index contributed by atoms with van der Waals surface area (Å²) < 4.78 is 5.66. The van der Waals surface area contributed by atoms with Crippen LogP contribution in [0.2, 0.25) is 0 Å². The predicted molar refractivity (Wildman–Crippen MR) is 81.7 cm³/mol. The molecule has 2 atom stereocenters. The zero-order valence-electron chi connectivity index (χ0n) is 12.6. The van der Waals surface area contributed by atoms with Crippen molar-refractivity contribution in [1.29, 1.82) is 0 Å². The summed E-state index contributed by atoms with van der Waals surface area (Å²) in [5.41, 5.74) is 9.53. The lowest BCUT2D eigenvalue weighted by atomic mass is 9.91. The Kier molecular flexibility index (Phi) is 3.85. The molecule has 2 N–H and O–H groups in total. The van der Waals surface area contributed by atoms with E-state index < -0.39 is 0 Å². The smallest absolute Gasteiger partial charge is 0.0645 e. The van der Waals surface area contributed by atoms with Crippen LogP contribution in [0.3, 0.4) is 0 Å². The van der Waals surface area contributed by atoms with E-state index in [9.17, 15) is 0 Å². The summed E-state index contributed by atoms with van der Waals surface area (Å²) in [6.45, 7) is 7.17. The molecule has 0 aromatic heterocycles. The zero-order chi connectivity index (χ0) is 14.2. The Morgan fingerprint density at radius 1 is 1.30 bits per heavy atom. The van der Waals surface area contributed by atoms with Gasteiger partial charge in [0.2, 0.25) is 0 Å². The molecule has 1 saturated heterocycles. The Bertz CT molecular complexity index is 472. The number of morpholine rings is 1. The number of benzene rings is 1. The van der Waals surface area contributed by atoms with Crippen LogP contribution in [0.1, 0.15) is 43.9 Å². The lowest BCUT2D eigenvalue weighted by Crippen LogP contribution is -2.59. The van der Waals surface area contributed by atoms with Crippen LogP contribution >= 0.6 is 0 Å². The SMILES string of the molecule is CC1(C)COCCN1C1CCCc2ccccc2C1N. The fraction of sp³-hybridized carbons (Fsp3) is 0.647. The normalized spacial score (nSPS) is 30.6. The van der Waals surface area contributed by atoms with Gasteiger partial charge >= 0.3 is 0 Å². The molecule has 20 heavy (non-hydrogen) atoms. The maximum Gasteiger partial charge on any atom is 0.0645 e. The van der Waals surface area contributed by atoms with E-state index in [1.165, 1.54) is 24.0 Å². The number of hydrogen-bond donors (Lipinski definition) is 1. The second-order valence-electron chi connectivity index (χ2n) is 6.74. The topological polar surface area (TPSA) is 38.5 Å². The van der Waals surface area contributed by atoms with Crippen molar-refractivity contribution in [3.8, 4) is 0 Å². The third-order valence-electron chi connectivity index (χ3n) is 4.88. The quantitative estimate of drug-likeness (QED) is 0.800. The van der Waals surface area contributed by atoms with E-state index >= 15 is 0 Å². The average molecular weight is 274 g/mol. The number of nitrogens with zero attached hydrogens (tertiary/aromatic N) is 1. The Morgan fingerprint density at radius 3 is 2.90 bits per heavy atom. The van der Waals surface area contributed by atoms with Crippen LogP contribution in [-0.2, 0) is 11.2 Å². The first-order valence-electron chi connectivity index (χ1n) is 7.77. The molecule has 0 amide bonds. The zero-order valence-corrected chi connectivity index (χ0v) is 12.6. The first-order chi connectivity index (χ1) is 9.59. The number of rotatable bonds is 1. The van der Waals surface area contributed by atoms with Gasteiger partial charge in [0, 0.05) is 24.2 Å². The highest BCUT2D eigenvalue weighted by Crippen LogP contribution is 2.34. The highest BCUT2D eigenvalue weighted by Gasteiger charge is 2.39. The third kappa shape index (κ3) is 2.50. The molecule has 3 nitrogen and oxygen atoms in total. The van der Waals surface area contributed by atoms with Gasteiger partial charge in [-0.3, -0.25) is 4.90 Å². The largest absolute Gasteiger partial charge is 0.378 e. The van der Waals surface area contributed by atoms with Crippen LogP contribution in [-0.4, -0.2) is 36.2 Å². The summed E-state index contributed by atoms with van der Waals surface area (Å²) in [4.78, 5) is 2.59. The molecule has 0 saturated carbocycles. The number of hydrogen-bond acceptors (Lipinski definition) is 3. The second kappa shape index (κ2) is 5.47. The van der Waals surface area contributed by atoms with Gasteiger partial charge in [-0.15, -0.1) is 0 Å². The summed E-state index contributed by atoms with van der Waals surface area (Å²) in [5.74, 6) is 0. The van der Waals surface area contributed by atoms with Crippen molar-refractivity contribution >= 4 is 0 Å². The fourth-order valence-corrected chi connectivity index (χ4v) is 3.81. The number of nitrogens with two attached hydrogens (primary N) is 1.